The molecule has 1 atom stereocenters. The zero-order valence-corrected chi connectivity index (χ0v) is 14.6. The minimum Gasteiger partial charge on any atom is -0.477 e. The van der Waals surface area contributed by atoms with Crippen molar-refractivity contribution in [2.75, 3.05) is 26.9 Å². The maximum atomic E-state index is 14.2. The number of aromatic nitrogens is 1. The summed E-state index contributed by atoms with van der Waals surface area (Å²) < 4.78 is 57.6. The molecule has 1 N–H and O–H groups in total. The molecule has 0 aliphatic carbocycles. The van der Waals surface area contributed by atoms with Crippen LogP contribution in [-0.4, -0.2) is 48.9 Å². The van der Waals surface area contributed by atoms with Crippen LogP contribution in [-0.2, 0) is 20.8 Å². The van der Waals surface area contributed by atoms with E-state index in [1.807, 2.05) is 0 Å². The van der Waals surface area contributed by atoms with Crippen molar-refractivity contribution in [1.82, 2.24) is 4.57 Å². The number of carbonyl (C=O) groups is 1. The number of hydrogen-bond acceptors (Lipinski definition) is 5. The first kappa shape index (κ1) is 20.9. The Morgan fingerprint density at radius 3 is 2.56 bits per heavy atom. The first-order chi connectivity index (χ1) is 12.8. The van der Waals surface area contributed by atoms with Gasteiger partial charge in [0.2, 0.25) is 5.43 Å². The standard InChI is InChI=1S/C17H18F3NO6/c1-9(25-2)27-6-5-26-4-3-21-8-11(17(23)24)16(22)10-7-12(18)13(19)14(20)15(10)21/h7-9H,3-6H2,1-2H3,(H,23,24). The fourth-order valence-electron chi connectivity index (χ4n) is 2.40. The van der Waals surface area contributed by atoms with Crippen molar-refractivity contribution < 1.29 is 37.3 Å². The summed E-state index contributed by atoms with van der Waals surface area (Å²) in [4.78, 5) is 23.4. The zero-order chi connectivity index (χ0) is 20.1. The summed E-state index contributed by atoms with van der Waals surface area (Å²) in [6.45, 7) is 1.97. The fourth-order valence-corrected chi connectivity index (χ4v) is 2.40. The molecule has 2 rings (SSSR count). The van der Waals surface area contributed by atoms with Crippen LogP contribution in [0.5, 0.6) is 0 Å². The Morgan fingerprint density at radius 1 is 1.22 bits per heavy atom. The normalized spacial score (nSPS) is 12.5. The molecule has 0 fully saturated rings. The summed E-state index contributed by atoms with van der Waals surface area (Å²) in [6, 6.07) is 0.486. The van der Waals surface area contributed by atoms with Gasteiger partial charge in [0.25, 0.3) is 0 Å². The van der Waals surface area contributed by atoms with Gasteiger partial charge in [-0.3, -0.25) is 4.79 Å². The third kappa shape index (κ3) is 4.65. The average molecular weight is 389 g/mol. The lowest BCUT2D eigenvalue weighted by Gasteiger charge is -2.14. The van der Waals surface area contributed by atoms with E-state index in [-0.39, 0.29) is 26.4 Å². The third-order valence-corrected chi connectivity index (χ3v) is 3.82. The van der Waals surface area contributed by atoms with Crippen LogP contribution in [0, 0.1) is 17.5 Å². The van der Waals surface area contributed by atoms with E-state index in [1.165, 1.54) is 7.11 Å². The van der Waals surface area contributed by atoms with E-state index in [2.05, 4.69) is 0 Å². The lowest BCUT2D eigenvalue weighted by atomic mass is 10.1. The monoisotopic (exact) mass is 389 g/mol. The van der Waals surface area contributed by atoms with Gasteiger partial charge in [0.05, 0.1) is 30.7 Å². The maximum absolute atomic E-state index is 14.2. The number of rotatable bonds is 9. The van der Waals surface area contributed by atoms with Gasteiger partial charge in [-0.25, -0.2) is 18.0 Å². The Bertz CT molecular complexity index is 899. The predicted octanol–water partition coefficient (Wildman–Crippen LogP) is 2.14. The highest BCUT2D eigenvalue weighted by molar-refractivity contribution is 5.92. The molecule has 0 saturated heterocycles. The topological polar surface area (TPSA) is 87.0 Å². The lowest BCUT2D eigenvalue weighted by molar-refractivity contribution is -0.121. The molecular formula is C17H18F3NO6. The van der Waals surface area contributed by atoms with Crippen LogP contribution < -0.4 is 5.43 Å². The van der Waals surface area contributed by atoms with Gasteiger partial charge in [-0.05, 0) is 13.0 Å². The van der Waals surface area contributed by atoms with E-state index in [0.29, 0.717) is 6.07 Å². The molecule has 0 bridgehead atoms. The summed E-state index contributed by atoms with van der Waals surface area (Å²) in [5, 5.41) is 8.56. The van der Waals surface area contributed by atoms with E-state index in [9.17, 15) is 22.8 Å². The van der Waals surface area contributed by atoms with Gasteiger partial charge in [-0.15, -0.1) is 0 Å². The molecule has 148 valence electrons. The van der Waals surface area contributed by atoms with Gasteiger partial charge in [-0.1, -0.05) is 0 Å². The molecule has 1 aromatic heterocycles. The number of methoxy groups -OCH3 is 1. The molecule has 0 amide bonds. The Kier molecular flexibility index (Phi) is 6.94. The number of carboxylic acid groups (broad SMARTS) is 1. The van der Waals surface area contributed by atoms with Crippen LogP contribution in [0.15, 0.2) is 17.1 Å². The number of nitrogens with zero attached hydrogens (tertiary/aromatic N) is 1. The third-order valence-electron chi connectivity index (χ3n) is 3.82. The second-order valence-electron chi connectivity index (χ2n) is 5.54. The number of pyridine rings is 1. The van der Waals surface area contributed by atoms with Crippen LogP contribution in [0.4, 0.5) is 13.2 Å². The van der Waals surface area contributed by atoms with Crippen LogP contribution in [0.1, 0.15) is 17.3 Å². The van der Waals surface area contributed by atoms with Crippen LogP contribution in [0.3, 0.4) is 0 Å². The predicted molar refractivity (Wildman–Crippen MR) is 88.3 cm³/mol. The lowest BCUT2D eigenvalue weighted by Crippen LogP contribution is -2.22. The Labute approximate surface area is 151 Å². The van der Waals surface area contributed by atoms with E-state index >= 15 is 0 Å². The van der Waals surface area contributed by atoms with Crippen molar-refractivity contribution in [1.29, 1.82) is 0 Å². The number of halogens is 3. The molecule has 0 aliphatic heterocycles. The molecule has 10 heteroatoms. The average Bonchev–Trinajstić information content (AvgIpc) is 2.63. The summed E-state index contributed by atoms with van der Waals surface area (Å²) in [7, 11) is 1.48. The highest BCUT2D eigenvalue weighted by Gasteiger charge is 2.22. The zero-order valence-electron chi connectivity index (χ0n) is 14.6. The Hall–Kier alpha value is -2.43. The second kappa shape index (κ2) is 8.98. The summed E-state index contributed by atoms with van der Waals surface area (Å²) in [6.07, 6.45) is 0.460. The first-order valence-corrected chi connectivity index (χ1v) is 7.94. The number of carboxylic acids is 1. The molecule has 0 aliphatic rings. The molecule has 0 radical (unpaired) electrons. The molecule has 0 saturated carbocycles. The SMILES string of the molecule is COC(C)OCCOCCn1cc(C(=O)O)c(=O)c2cc(F)c(F)c(F)c21. The summed E-state index contributed by atoms with van der Waals surface area (Å²) >= 11 is 0. The van der Waals surface area contributed by atoms with Gasteiger partial charge >= 0.3 is 5.97 Å². The summed E-state index contributed by atoms with van der Waals surface area (Å²) in [5.41, 5.74) is -2.32. The molecule has 1 unspecified atom stereocenters. The van der Waals surface area contributed by atoms with Crippen molar-refractivity contribution in [2.45, 2.75) is 19.8 Å². The van der Waals surface area contributed by atoms with Crippen molar-refractivity contribution >= 4 is 16.9 Å². The second-order valence-corrected chi connectivity index (χ2v) is 5.54. The molecule has 7 nitrogen and oxygen atoms in total. The number of ether oxygens (including phenoxy) is 3. The fraction of sp³-hybridized carbons (Fsp3) is 0.412. The van der Waals surface area contributed by atoms with Gasteiger partial charge in [0.1, 0.15) is 5.56 Å². The van der Waals surface area contributed by atoms with Crippen LogP contribution >= 0.6 is 0 Å². The number of fused-ring (bicyclic) bond motifs is 1. The van der Waals surface area contributed by atoms with E-state index in [0.717, 1.165) is 10.8 Å². The van der Waals surface area contributed by atoms with E-state index in [4.69, 9.17) is 19.3 Å². The smallest absolute Gasteiger partial charge is 0.341 e. The summed E-state index contributed by atoms with van der Waals surface area (Å²) in [5.74, 6) is -6.46. The number of aromatic carboxylic acids is 1. The largest absolute Gasteiger partial charge is 0.477 e. The maximum Gasteiger partial charge on any atom is 0.341 e. The van der Waals surface area contributed by atoms with Gasteiger partial charge in [-0.2, -0.15) is 0 Å². The van der Waals surface area contributed by atoms with Crippen molar-refractivity contribution in [3.8, 4) is 0 Å². The van der Waals surface area contributed by atoms with Crippen molar-refractivity contribution in [3.05, 3.63) is 45.5 Å². The minimum absolute atomic E-state index is 0.0137. The molecule has 2 aromatic rings. The van der Waals surface area contributed by atoms with Gasteiger partial charge < -0.3 is 23.9 Å². The Balaban J connectivity index is 2.27. The molecular weight excluding hydrogens is 371 g/mol. The molecule has 27 heavy (non-hydrogen) atoms. The number of benzene rings is 1. The number of hydrogen-bond donors (Lipinski definition) is 1. The van der Waals surface area contributed by atoms with Crippen molar-refractivity contribution in [3.63, 3.8) is 0 Å². The molecule has 1 heterocycles. The highest BCUT2D eigenvalue weighted by Crippen LogP contribution is 2.21. The first-order valence-electron chi connectivity index (χ1n) is 7.94. The van der Waals surface area contributed by atoms with Gasteiger partial charge in [0, 0.05) is 19.9 Å². The quantitative estimate of drug-likeness (QED) is 0.402. The van der Waals surface area contributed by atoms with Crippen molar-refractivity contribution in [2.24, 2.45) is 0 Å². The van der Waals surface area contributed by atoms with Crippen LogP contribution in [0.25, 0.3) is 10.9 Å². The van der Waals surface area contributed by atoms with E-state index in [1.54, 1.807) is 6.92 Å². The van der Waals surface area contributed by atoms with Crippen LogP contribution in [0.2, 0.25) is 0 Å². The molecule has 1 aromatic carbocycles. The minimum atomic E-state index is -1.75. The van der Waals surface area contributed by atoms with Gasteiger partial charge in [0.15, 0.2) is 23.7 Å². The molecule has 0 spiro atoms. The Morgan fingerprint density at radius 2 is 1.93 bits per heavy atom. The highest BCUT2D eigenvalue weighted by atomic mass is 19.2. The van der Waals surface area contributed by atoms with E-state index < -0.39 is 51.6 Å².